The summed E-state index contributed by atoms with van der Waals surface area (Å²) in [6.45, 7) is 25.8. The van der Waals surface area contributed by atoms with Gasteiger partial charge in [0, 0.05) is 5.30 Å². The summed E-state index contributed by atoms with van der Waals surface area (Å²) < 4.78 is 6.02. The topological polar surface area (TPSA) is 9.23 Å². The van der Waals surface area contributed by atoms with Gasteiger partial charge in [0.05, 0.1) is 7.11 Å². The van der Waals surface area contributed by atoms with Gasteiger partial charge in [-0.1, -0.05) is 95.4 Å². The summed E-state index contributed by atoms with van der Waals surface area (Å²) in [7, 11) is 1.46. The van der Waals surface area contributed by atoms with Gasteiger partial charge in [-0.25, -0.2) is 0 Å². The van der Waals surface area contributed by atoms with Gasteiger partial charge < -0.3 is 4.74 Å². The molecule has 2 aromatic carbocycles. The van der Waals surface area contributed by atoms with Gasteiger partial charge in [-0.05, 0) is 75.4 Å². The SMILES string of the molecule is COc1ccc(C)c(-c2c(C(C)C)cc(C(C)C)cc2C(C)C)c1P(C(C)C)C(C)C. The normalized spacial score (nSPS) is 12.3. The highest BCUT2D eigenvalue weighted by atomic mass is 31.1. The number of hydrogen-bond donors (Lipinski definition) is 0. The monoisotopic (exact) mass is 440 g/mol. The fourth-order valence-electron chi connectivity index (χ4n) is 4.77. The van der Waals surface area contributed by atoms with E-state index in [1.54, 1.807) is 0 Å². The molecule has 172 valence electrons. The molecule has 0 unspecified atom stereocenters. The van der Waals surface area contributed by atoms with Crippen molar-refractivity contribution < 1.29 is 4.74 Å². The quantitative estimate of drug-likeness (QED) is 0.372. The lowest BCUT2D eigenvalue weighted by Gasteiger charge is -2.33. The van der Waals surface area contributed by atoms with Gasteiger partial charge >= 0.3 is 0 Å². The Morgan fingerprint density at radius 2 is 1.16 bits per heavy atom. The van der Waals surface area contributed by atoms with E-state index in [0.29, 0.717) is 29.1 Å². The molecule has 0 aliphatic carbocycles. The Balaban J connectivity index is 3.09. The van der Waals surface area contributed by atoms with Crippen molar-refractivity contribution in [3.63, 3.8) is 0 Å². The third-order valence-electron chi connectivity index (χ3n) is 6.32. The second kappa shape index (κ2) is 10.5. The van der Waals surface area contributed by atoms with E-state index in [0.717, 1.165) is 5.75 Å². The van der Waals surface area contributed by atoms with Crippen LogP contribution in [-0.2, 0) is 0 Å². The summed E-state index contributed by atoms with van der Waals surface area (Å²) in [6.07, 6.45) is 0. The maximum atomic E-state index is 6.02. The largest absolute Gasteiger partial charge is 0.496 e. The molecular formula is C29H45OP. The molecule has 0 heterocycles. The zero-order valence-electron chi connectivity index (χ0n) is 22.1. The van der Waals surface area contributed by atoms with Crippen molar-refractivity contribution in [3.05, 3.63) is 46.5 Å². The van der Waals surface area contributed by atoms with Crippen molar-refractivity contribution in [3.8, 4) is 16.9 Å². The van der Waals surface area contributed by atoms with E-state index in [-0.39, 0.29) is 7.92 Å². The molecule has 0 bridgehead atoms. The van der Waals surface area contributed by atoms with Crippen LogP contribution >= 0.6 is 7.92 Å². The van der Waals surface area contributed by atoms with Gasteiger partial charge in [-0.15, -0.1) is 0 Å². The third-order valence-corrected chi connectivity index (χ3v) is 9.51. The fourth-order valence-corrected chi connectivity index (χ4v) is 7.96. The molecule has 0 amide bonds. The Kier molecular flexibility index (Phi) is 8.80. The minimum Gasteiger partial charge on any atom is -0.496 e. The highest BCUT2D eigenvalue weighted by Gasteiger charge is 2.30. The number of methoxy groups -OCH3 is 1. The molecule has 2 aromatic rings. The highest BCUT2D eigenvalue weighted by Crippen LogP contribution is 2.52. The zero-order valence-corrected chi connectivity index (χ0v) is 22.9. The molecule has 0 saturated carbocycles. The standard InChI is InChI=1S/C29H45OP/c1-17(2)23-15-24(18(3)4)28(25(16-23)19(5)6)27-22(11)13-14-26(30-12)29(27)31(20(7)8)21(9)10/h13-21H,1-12H3. The molecule has 2 rings (SSSR count). The van der Waals surface area contributed by atoms with E-state index >= 15 is 0 Å². The Bertz CT molecular complexity index is 853. The number of benzene rings is 2. The maximum Gasteiger partial charge on any atom is 0.127 e. The highest BCUT2D eigenvalue weighted by molar-refractivity contribution is 7.67. The van der Waals surface area contributed by atoms with Crippen molar-refractivity contribution in [2.45, 2.75) is 105 Å². The van der Waals surface area contributed by atoms with Crippen LogP contribution < -0.4 is 10.0 Å². The van der Waals surface area contributed by atoms with E-state index in [2.05, 4.69) is 100 Å². The van der Waals surface area contributed by atoms with Crippen LogP contribution in [0.3, 0.4) is 0 Å². The Morgan fingerprint density at radius 3 is 1.52 bits per heavy atom. The number of aryl methyl sites for hydroxylation is 1. The molecule has 31 heavy (non-hydrogen) atoms. The van der Waals surface area contributed by atoms with Crippen LogP contribution in [0.4, 0.5) is 0 Å². The van der Waals surface area contributed by atoms with Gasteiger partial charge in [-0.3, -0.25) is 0 Å². The Labute approximate surface area is 193 Å². The van der Waals surface area contributed by atoms with Gasteiger partial charge in [-0.2, -0.15) is 0 Å². The molecule has 2 heteroatoms. The lowest BCUT2D eigenvalue weighted by atomic mass is 9.80. The minimum absolute atomic E-state index is 0.369. The fraction of sp³-hybridized carbons (Fsp3) is 0.586. The number of hydrogen-bond acceptors (Lipinski definition) is 1. The summed E-state index contributed by atoms with van der Waals surface area (Å²) >= 11 is 0. The zero-order chi connectivity index (χ0) is 23.6. The lowest BCUT2D eigenvalue weighted by molar-refractivity contribution is 0.418. The molecule has 0 N–H and O–H groups in total. The summed E-state index contributed by atoms with van der Waals surface area (Å²) in [6, 6.07) is 9.41. The summed E-state index contributed by atoms with van der Waals surface area (Å²) in [4.78, 5) is 0. The predicted molar refractivity (Wildman–Crippen MR) is 142 cm³/mol. The van der Waals surface area contributed by atoms with Gasteiger partial charge in [0.2, 0.25) is 0 Å². The molecule has 0 aliphatic heterocycles. The molecule has 0 aliphatic rings. The van der Waals surface area contributed by atoms with Crippen molar-refractivity contribution in [2.75, 3.05) is 7.11 Å². The second-order valence-electron chi connectivity index (χ2n) is 10.4. The summed E-state index contributed by atoms with van der Waals surface area (Å²) in [5, 5.41) is 1.46. The predicted octanol–water partition coefficient (Wildman–Crippen LogP) is 8.96. The van der Waals surface area contributed by atoms with E-state index < -0.39 is 0 Å². The van der Waals surface area contributed by atoms with E-state index in [9.17, 15) is 0 Å². The average Bonchev–Trinajstić information content (AvgIpc) is 2.66. The van der Waals surface area contributed by atoms with Crippen LogP contribution in [0.5, 0.6) is 5.75 Å². The minimum atomic E-state index is -0.369. The Morgan fingerprint density at radius 1 is 0.677 bits per heavy atom. The molecule has 0 spiro atoms. The number of ether oxygens (including phenoxy) is 1. The van der Waals surface area contributed by atoms with Crippen molar-refractivity contribution >= 4 is 13.2 Å². The molecule has 1 nitrogen and oxygen atoms in total. The van der Waals surface area contributed by atoms with E-state index in [1.165, 1.54) is 38.7 Å². The van der Waals surface area contributed by atoms with Crippen LogP contribution in [0.25, 0.3) is 11.1 Å². The number of rotatable bonds is 8. The van der Waals surface area contributed by atoms with Crippen LogP contribution in [-0.4, -0.2) is 18.4 Å². The first kappa shape index (κ1) is 25.9. The van der Waals surface area contributed by atoms with Crippen molar-refractivity contribution in [1.29, 1.82) is 0 Å². The van der Waals surface area contributed by atoms with E-state index in [4.69, 9.17) is 4.74 Å². The third kappa shape index (κ3) is 5.36. The van der Waals surface area contributed by atoms with Crippen molar-refractivity contribution in [2.24, 2.45) is 0 Å². The molecule has 0 saturated heterocycles. The van der Waals surface area contributed by atoms with Gasteiger partial charge in [0.1, 0.15) is 5.75 Å². The molecule has 0 aromatic heterocycles. The average molecular weight is 441 g/mol. The molecule has 0 radical (unpaired) electrons. The smallest absolute Gasteiger partial charge is 0.127 e. The maximum absolute atomic E-state index is 6.02. The molecular weight excluding hydrogens is 395 g/mol. The van der Waals surface area contributed by atoms with Gasteiger partial charge in [0.15, 0.2) is 0 Å². The second-order valence-corrected chi connectivity index (χ2v) is 13.8. The first-order valence-corrected chi connectivity index (χ1v) is 13.5. The first-order chi connectivity index (χ1) is 14.4. The van der Waals surface area contributed by atoms with E-state index in [1.807, 2.05) is 7.11 Å². The van der Waals surface area contributed by atoms with Gasteiger partial charge in [0.25, 0.3) is 0 Å². The lowest BCUT2D eigenvalue weighted by Crippen LogP contribution is -2.21. The van der Waals surface area contributed by atoms with Crippen LogP contribution in [0.2, 0.25) is 0 Å². The van der Waals surface area contributed by atoms with Crippen LogP contribution in [0, 0.1) is 6.92 Å². The van der Waals surface area contributed by atoms with Crippen molar-refractivity contribution in [1.82, 2.24) is 0 Å². The molecule has 0 atom stereocenters. The van der Waals surface area contributed by atoms with Crippen LogP contribution in [0.15, 0.2) is 24.3 Å². The molecule has 0 fully saturated rings. The summed E-state index contributed by atoms with van der Waals surface area (Å²) in [5.41, 5.74) is 9.89. The Hall–Kier alpha value is -1.33. The first-order valence-electron chi connectivity index (χ1n) is 12.1. The summed E-state index contributed by atoms with van der Waals surface area (Å²) in [5.74, 6) is 2.52. The van der Waals surface area contributed by atoms with Crippen LogP contribution in [0.1, 0.15) is 109 Å².